The second kappa shape index (κ2) is 57.7. The lowest BCUT2D eigenvalue weighted by Crippen LogP contribution is -2.06. The zero-order chi connectivity index (χ0) is 44.5. The van der Waals surface area contributed by atoms with Gasteiger partial charge in [-0.2, -0.15) is 43.9 Å². The van der Waals surface area contributed by atoms with Crippen LogP contribution in [0.3, 0.4) is 0 Å². The van der Waals surface area contributed by atoms with Crippen molar-refractivity contribution in [2.24, 2.45) is 0 Å². The third kappa shape index (κ3) is 230. The van der Waals surface area contributed by atoms with E-state index in [1.807, 2.05) is 0 Å². The largest absolute Gasteiger partial charge is 0.409 e. The van der Waals surface area contributed by atoms with E-state index < -0.39 is 52.7 Å². The molecule has 0 bridgehead atoms. The molecule has 60 heavy (non-hydrogen) atoms. The summed E-state index contributed by atoms with van der Waals surface area (Å²) in [5.41, 5.74) is 0. The minimum absolute atomic E-state index is 0. The minimum atomic E-state index is -4.19. The van der Waals surface area contributed by atoms with Gasteiger partial charge in [0.15, 0.2) is 3.79 Å². The van der Waals surface area contributed by atoms with Crippen molar-refractivity contribution in [3.63, 3.8) is 0 Å². The fourth-order valence-corrected chi connectivity index (χ4v) is 2.57. The van der Waals surface area contributed by atoms with Gasteiger partial charge in [-0.3, -0.25) is 32.9 Å². The Labute approximate surface area is 420 Å². The Hall–Kier alpha value is 2.56. The van der Waals surface area contributed by atoms with Crippen LogP contribution < -0.4 is 0 Å². The molecular formula is C24H36Cl17F19. The van der Waals surface area contributed by atoms with Crippen molar-refractivity contribution in [2.45, 2.75) is 65.6 Å². The molecule has 0 aromatic heterocycles. The van der Waals surface area contributed by atoms with Gasteiger partial charge in [0.05, 0.1) is 6.42 Å². The number of alkyl halides is 28. The molecule has 0 rings (SSSR count). The van der Waals surface area contributed by atoms with Gasteiger partial charge in [-0.1, -0.05) is 142 Å². The predicted molar refractivity (Wildman–Crippen MR) is 232 cm³/mol. The van der Waals surface area contributed by atoms with Crippen LogP contribution in [-0.2, 0) is 0 Å². The third-order valence-corrected chi connectivity index (χ3v) is 5.25. The molecule has 0 atom stereocenters. The van der Waals surface area contributed by atoms with Crippen LogP contribution in [0.2, 0.25) is 0 Å². The second-order valence-electron chi connectivity index (χ2n) is 7.20. The summed E-state index contributed by atoms with van der Waals surface area (Å²) in [5.74, 6) is 0.0833. The molecule has 0 aliphatic rings. The van der Waals surface area contributed by atoms with Crippen molar-refractivity contribution < 1.29 is 85.6 Å². The maximum Gasteiger partial charge on any atom is 0.409 e. The summed E-state index contributed by atoms with van der Waals surface area (Å²) in [6.45, 7) is 11.5. The van der Waals surface area contributed by atoms with E-state index in [4.69, 9.17) is 162 Å². The van der Waals surface area contributed by atoms with Crippen LogP contribution in [0.1, 0.15) is 25.7 Å². The van der Waals surface area contributed by atoms with Crippen LogP contribution in [-0.4, -0.2) is 63.4 Å². The number of halogens is 36. The Balaban J connectivity index is -0.0000000259. The number of hydrogen-bond donors (Lipinski definition) is 0. The topological polar surface area (TPSA) is 0 Å². The first-order valence-corrected chi connectivity index (χ1v) is 18.5. The van der Waals surface area contributed by atoms with Crippen LogP contribution >= 0.6 is 198 Å². The molecular weight excluding hydrogens is 1250 g/mol. The van der Waals surface area contributed by atoms with Gasteiger partial charge in [-0.25, -0.2) is 8.78 Å². The van der Waals surface area contributed by atoms with Crippen molar-refractivity contribution in [2.75, 3.05) is 23.5 Å². The van der Waals surface area contributed by atoms with Gasteiger partial charge in [0, 0.05) is 48.9 Å². The molecule has 0 unspecified atom stereocenters. The molecule has 0 N–H and O–H groups in total. The standard InChI is InChI=1S/C3H4Cl4.C3H4Cl3F.C3H3Cl3.C3H4Cl2F2.C3H3Cl2F.C3H4ClF3.C3H3ClF2.C3H3F3.ClH.7FH/c2*4-2-1-3(5,6)7;1-2-3(4,5)6;4-2-1-3(5,6)7;1-2-3(4,5)6;4-2-1-3(5,6)7;2*1-2-3(4,5)6;;;;;;;;/h2*1-2H2;2H,1H2;1-2H2;2H,1H2;1-2H2;2*2H,1H2;8*1H. The summed E-state index contributed by atoms with van der Waals surface area (Å²) in [7, 11) is 0. The highest BCUT2D eigenvalue weighted by Crippen LogP contribution is 2.30. The summed E-state index contributed by atoms with van der Waals surface area (Å²) in [5, 5.41) is -6.33. The Morgan fingerprint density at radius 1 is 0.383 bits per heavy atom. The quantitative estimate of drug-likeness (QED) is 0.129. The van der Waals surface area contributed by atoms with Crippen molar-refractivity contribution in [3.8, 4) is 0 Å². The average molecular weight is 1290 g/mol. The highest BCUT2D eigenvalue weighted by atomic mass is 35.6. The average Bonchev–Trinajstić information content (AvgIpc) is 2.87. The fourth-order valence-electron chi connectivity index (χ4n) is 0.429. The molecule has 0 nitrogen and oxygen atoms in total. The summed E-state index contributed by atoms with van der Waals surface area (Å²) in [6, 6.07) is 0. The van der Waals surface area contributed by atoms with E-state index >= 15 is 0 Å². The molecule has 384 valence electrons. The predicted octanol–water partition coefficient (Wildman–Crippen LogP) is 20.4. The van der Waals surface area contributed by atoms with Crippen molar-refractivity contribution in [1.29, 1.82) is 0 Å². The summed E-state index contributed by atoms with van der Waals surface area (Å²) < 4.78 is 126. The molecule has 0 aromatic rings. The van der Waals surface area contributed by atoms with E-state index in [2.05, 4.69) is 49.5 Å². The maximum absolute atomic E-state index is 11.8. The summed E-state index contributed by atoms with van der Waals surface area (Å²) in [4.78, 5) is 0. The summed E-state index contributed by atoms with van der Waals surface area (Å²) in [6.07, 6.45) is -6.92. The third-order valence-electron chi connectivity index (χ3n) is 2.44. The van der Waals surface area contributed by atoms with E-state index in [1.165, 1.54) is 6.08 Å². The number of hydrogen-bond acceptors (Lipinski definition) is 0. The molecule has 0 aliphatic heterocycles. The molecule has 0 spiro atoms. The van der Waals surface area contributed by atoms with E-state index in [9.17, 15) is 52.7 Å². The zero-order valence-corrected chi connectivity index (χ0v) is 41.6. The molecule has 0 fully saturated rings. The van der Waals surface area contributed by atoms with Crippen LogP contribution in [0.5, 0.6) is 0 Å². The van der Waals surface area contributed by atoms with Gasteiger partial charge in [-0.15, -0.1) is 58.8 Å². The lowest BCUT2D eigenvalue weighted by Gasteiger charge is -2.04. The van der Waals surface area contributed by atoms with Crippen molar-refractivity contribution in [3.05, 3.63) is 50.6 Å². The highest BCUT2D eigenvalue weighted by Gasteiger charge is 2.25. The molecule has 0 radical (unpaired) electrons. The minimum Gasteiger partial charge on any atom is -0.269 e. The Morgan fingerprint density at radius 3 is 0.600 bits per heavy atom. The van der Waals surface area contributed by atoms with Gasteiger partial charge in [-0.05, 0) is 41.4 Å². The zero-order valence-electron chi connectivity index (χ0n) is 28.6. The van der Waals surface area contributed by atoms with Crippen LogP contribution in [0.4, 0.5) is 85.6 Å². The highest BCUT2D eigenvalue weighted by molar-refractivity contribution is 6.69. The smallest absolute Gasteiger partial charge is 0.269 e. The Bertz CT molecular complexity index is 702. The maximum atomic E-state index is 11.8. The Morgan fingerprint density at radius 2 is 0.600 bits per heavy atom. The Kier molecular flexibility index (Phi) is 105. The fraction of sp³-hybridized carbons (Fsp3) is 0.667. The first-order valence-electron chi connectivity index (χ1n) is 11.8. The van der Waals surface area contributed by atoms with E-state index in [1.54, 1.807) is 0 Å². The number of rotatable bonds is 8. The molecule has 0 amide bonds. The second-order valence-corrected chi connectivity index (χ2v) is 17.3. The van der Waals surface area contributed by atoms with Crippen LogP contribution in [0.25, 0.3) is 0 Å². The molecule has 0 saturated carbocycles. The molecule has 0 saturated heterocycles. The normalized spacial score (nSPS) is 10.1. The summed E-state index contributed by atoms with van der Waals surface area (Å²) >= 11 is 79.0. The SMILES string of the molecule is C=CC(Cl)(Cl)Cl.C=CC(F)(Cl)Cl.C=CC(F)(F)Cl.C=CC(F)(F)F.Cl.ClCCC(Cl)(Cl)Cl.F.F.F.F.F.F.F.FC(Cl)(Cl)CCCl.FC(F)(Cl)CCCl.FC(F)(F)CCCl. The van der Waals surface area contributed by atoms with E-state index in [-0.39, 0.29) is 75.5 Å². The monoisotopic (exact) mass is 1280 g/mol. The first kappa shape index (κ1) is 109. The van der Waals surface area contributed by atoms with Gasteiger partial charge in [0.25, 0.3) is 9.17 Å². The van der Waals surface area contributed by atoms with E-state index in [0.717, 1.165) is 6.08 Å². The van der Waals surface area contributed by atoms with Crippen LogP contribution in [0, 0.1) is 0 Å². The molecule has 36 heteroatoms. The molecule has 0 aromatic carbocycles. The van der Waals surface area contributed by atoms with Gasteiger partial charge in [0.1, 0.15) is 0 Å². The lowest BCUT2D eigenvalue weighted by atomic mass is 10.5. The number of allylic oxidation sites excluding steroid dienone is 4. The molecule has 0 aliphatic carbocycles. The lowest BCUT2D eigenvalue weighted by molar-refractivity contribution is -0.129. The van der Waals surface area contributed by atoms with Gasteiger partial charge < -0.3 is 0 Å². The van der Waals surface area contributed by atoms with Crippen molar-refractivity contribution >= 4 is 198 Å². The van der Waals surface area contributed by atoms with E-state index in [0.29, 0.717) is 18.4 Å². The molecule has 0 heterocycles. The van der Waals surface area contributed by atoms with Crippen LogP contribution in [0.15, 0.2) is 50.6 Å². The van der Waals surface area contributed by atoms with Gasteiger partial charge >= 0.3 is 23.1 Å². The van der Waals surface area contributed by atoms with Crippen molar-refractivity contribution in [1.82, 2.24) is 0 Å². The first-order chi connectivity index (χ1) is 22.5. The van der Waals surface area contributed by atoms with Gasteiger partial charge in [0.2, 0.25) is 3.79 Å².